The first-order valence-corrected chi connectivity index (χ1v) is 6.50. The molecule has 0 aromatic heterocycles. The van der Waals surface area contributed by atoms with Gasteiger partial charge in [0.2, 0.25) is 0 Å². The summed E-state index contributed by atoms with van der Waals surface area (Å²) in [5.74, 6) is 0.511. The van der Waals surface area contributed by atoms with Gasteiger partial charge in [0.05, 0.1) is 5.92 Å². The van der Waals surface area contributed by atoms with Crippen LogP contribution in [0.5, 0.6) is 0 Å². The molecule has 0 spiro atoms. The summed E-state index contributed by atoms with van der Waals surface area (Å²) in [4.78, 5) is 12.3. The molecule has 2 aliphatic rings. The molecule has 17 heavy (non-hydrogen) atoms. The SMILES string of the molecule is CC(C)(C)OC(=O)C1CC2C=CC1(C)C2(C)C. The first-order chi connectivity index (χ1) is 7.58. The number of carbonyl (C=O) groups is 1. The summed E-state index contributed by atoms with van der Waals surface area (Å²) < 4.78 is 5.56. The molecule has 0 radical (unpaired) electrons. The second kappa shape index (κ2) is 3.37. The Morgan fingerprint density at radius 1 is 1.29 bits per heavy atom. The van der Waals surface area contributed by atoms with Gasteiger partial charge in [-0.15, -0.1) is 0 Å². The second-order valence-corrected chi connectivity index (χ2v) is 7.29. The first-order valence-electron chi connectivity index (χ1n) is 6.50. The predicted molar refractivity (Wildman–Crippen MR) is 68.5 cm³/mol. The van der Waals surface area contributed by atoms with Crippen molar-refractivity contribution in [3.8, 4) is 0 Å². The molecular weight excluding hydrogens is 212 g/mol. The number of hydrogen-bond acceptors (Lipinski definition) is 2. The van der Waals surface area contributed by atoms with Gasteiger partial charge >= 0.3 is 5.97 Å². The Labute approximate surface area is 104 Å². The largest absolute Gasteiger partial charge is 0.460 e. The molecule has 0 aromatic rings. The molecule has 0 saturated heterocycles. The average Bonchev–Trinajstić information content (AvgIpc) is 2.45. The van der Waals surface area contributed by atoms with E-state index in [0.29, 0.717) is 5.92 Å². The van der Waals surface area contributed by atoms with E-state index in [1.54, 1.807) is 0 Å². The van der Waals surface area contributed by atoms with Crippen molar-refractivity contribution in [1.29, 1.82) is 0 Å². The number of allylic oxidation sites excluding steroid dienone is 2. The van der Waals surface area contributed by atoms with Crippen LogP contribution in [0, 0.1) is 22.7 Å². The maximum atomic E-state index is 12.3. The summed E-state index contributed by atoms with van der Waals surface area (Å²) in [6, 6.07) is 0. The molecule has 2 rings (SSSR count). The Morgan fingerprint density at radius 2 is 1.88 bits per heavy atom. The van der Waals surface area contributed by atoms with Crippen molar-refractivity contribution in [3.63, 3.8) is 0 Å². The van der Waals surface area contributed by atoms with Gasteiger partial charge in [0.1, 0.15) is 5.60 Å². The van der Waals surface area contributed by atoms with Gasteiger partial charge in [-0.25, -0.2) is 0 Å². The van der Waals surface area contributed by atoms with E-state index < -0.39 is 0 Å². The van der Waals surface area contributed by atoms with Crippen LogP contribution in [0.3, 0.4) is 0 Å². The maximum absolute atomic E-state index is 12.3. The minimum absolute atomic E-state index is 0.0201. The summed E-state index contributed by atoms with van der Waals surface area (Å²) in [5.41, 5.74) is -0.252. The molecule has 0 amide bonds. The van der Waals surface area contributed by atoms with Gasteiger partial charge in [-0.3, -0.25) is 4.79 Å². The van der Waals surface area contributed by atoms with Gasteiger partial charge in [-0.05, 0) is 38.5 Å². The van der Waals surface area contributed by atoms with Crippen molar-refractivity contribution in [2.24, 2.45) is 22.7 Å². The lowest BCUT2D eigenvalue weighted by molar-refractivity contribution is -0.163. The summed E-state index contributed by atoms with van der Waals surface area (Å²) in [7, 11) is 0. The number of rotatable bonds is 1. The van der Waals surface area contributed by atoms with E-state index in [1.807, 2.05) is 20.8 Å². The molecule has 1 saturated carbocycles. The Balaban J connectivity index is 2.21. The quantitative estimate of drug-likeness (QED) is 0.514. The number of ether oxygens (including phenoxy) is 1. The molecule has 2 aliphatic carbocycles. The van der Waals surface area contributed by atoms with Gasteiger partial charge in [-0.1, -0.05) is 32.9 Å². The molecule has 2 bridgehead atoms. The normalized spacial score (nSPS) is 38.5. The van der Waals surface area contributed by atoms with Gasteiger partial charge in [0, 0.05) is 5.41 Å². The smallest absolute Gasteiger partial charge is 0.310 e. The van der Waals surface area contributed by atoms with E-state index in [-0.39, 0.29) is 28.3 Å². The van der Waals surface area contributed by atoms with Crippen molar-refractivity contribution in [1.82, 2.24) is 0 Å². The van der Waals surface area contributed by atoms with E-state index >= 15 is 0 Å². The Kier molecular flexibility index (Phi) is 2.51. The zero-order chi connectivity index (χ0) is 13.1. The van der Waals surface area contributed by atoms with E-state index in [4.69, 9.17) is 4.74 Å². The first kappa shape index (κ1) is 12.7. The van der Waals surface area contributed by atoms with Gasteiger partial charge < -0.3 is 4.74 Å². The molecule has 3 atom stereocenters. The summed E-state index contributed by atoms with van der Waals surface area (Å²) in [6.45, 7) is 12.5. The van der Waals surface area contributed by atoms with Crippen molar-refractivity contribution in [2.45, 2.75) is 53.6 Å². The van der Waals surface area contributed by atoms with Crippen LogP contribution < -0.4 is 0 Å². The van der Waals surface area contributed by atoms with Crippen molar-refractivity contribution < 1.29 is 9.53 Å². The zero-order valence-corrected chi connectivity index (χ0v) is 11.8. The summed E-state index contributed by atoms with van der Waals surface area (Å²) in [6.07, 6.45) is 5.45. The lowest BCUT2D eigenvalue weighted by atomic mass is 9.67. The van der Waals surface area contributed by atoms with Crippen molar-refractivity contribution in [3.05, 3.63) is 12.2 Å². The Bertz CT molecular complexity index is 373. The molecule has 0 N–H and O–H groups in total. The minimum Gasteiger partial charge on any atom is -0.460 e. The second-order valence-electron chi connectivity index (χ2n) is 7.29. The average molecular weight is 236 g/mol. The topological polar surface area (TPSA) is 26.3 Å². The molecule has 0 heterocycles. The third kappa shape index (κ3) is 1.73. The highest BCUT2D eigenvalue weighted by Crippen LogP contribution is 2.64. The Morgan fingerprint density at radius 3 is 2.24 bits per heavy atom. The number of esters is 1. The van der Waals surface area contributed by atoms with E-state index in [9.17, 15) is 4.79 Å². The van der Waals surface area contributed by atoms with Crippen LogP contribution in [-0.4, -0.2) is 11.6 Å². The summed E-state index contributed by atoms with van der Waals surface area (Å²) in [5, 5.41) is 0. The number of carbonyl (C=O) groups excluding carboxylic acids is 1. The van der Waals surface area contributed by atoms with E-state index in [0.717, 1.165) is 6.42 Å². The molecule has 0 aromatic carbocycles. The predicted octanol–water partition coefficient (Wildman–Crippen LogP) is 3.57. The van der Waals surface area contributed by atoms with Crippen LogP contribution in [0.25, 0.3) is 0 Å². The summed E-state index contributed by atoms with van der Waals surface area (Å²) >= 11 is 0. The van der Waals surface area contributed by atoms with Crippen LogP contribution in [0.4, 0.5) is 0 Å². The number of hydrogen-bond donors (Lipinski definition) is 0. The van der Waals surface area contributed by atoms with Gasteiger partial charge in [0.15, 0.2) is 0 Å². The third-order valence-corrected chi connectivity index (χ3v) is 4.89. The molecule has 96 valence electrons. The van der Waals surface area contributed by atoms with E-state index in [2.05, 4.69) is 32.9 Å². The Hall–Kier alpha value is -0.790. The molecule has 2 nitrogen and oxygen atoms in total. The highest BCUT2D eigenvalue weighted by molar-refractivity contribution is 5.75. The molecule has 3 unspecified atom stereocenters. The minimum atomic E-state index is -0.386. The van der Waals surface area contributed by atoms with Crippen LogP contribution >= 0.6 is 0 Å². The highest BCUT2D eigenvalue weighted by atomic mass is 16.6. The third-order valence-electron chi connectivity index (χ3n) is 4.89. The lowest BCUT2D eigenvalue weighted by Gasteiger charge is -2.38. The van der Waals surface area contributed by atoms with Crippen LogP contribution in [0.2, 0.25) is 0 Å². The van der Waals surface area contributed by atoms with Crippen LogP contribution in [0.15, 0.2) is 12.2 Å². The lowest BCUT2D eigenvalue weighted by Crippen LogP contribution is -2.38. The monoisotopic (exact) mass is 236 g/mol. The standard InChI is InChI=1S/C15H24O2/c1-13(2,3)17-12(16)11-9-10-7-8-15(11,6)14(10,4)5/h7-8,10-11H,9H2,1-6H3. The van der Waals surface area contributed by atoms with Gasteiger partial charge in [-0.2, -0.15) is 0 Å². The van der Waals surface area contributed by atoms with Crippen LogP contribution in [-0.2, 0) is 9.53 Å². The highest BCUT2D eigenvalue weighted by Gasteiger charge is 2.61. The fourth-order valence-electron chi connectivity index (χ4n) is 3.32. The fraction of sp³-hybridized carbons (Fsp3) is 0.800. The molecule has 0 aliphatic heterocycles. The number of fused-ring (bicyclic) bond motifs is 2. The van der Waals surface area contributed by atoms with Crippen molar-refractivity contribution in [2.75, 3.05) is 0 Å². The molecule has 1 fully saturated rings. The van der Waals surface area contributed by atoms with Crippen molar-refractivity contribution >= 4 is 5.97 Å². The zero-order valence-electron chi connectivity index (χ0n) is 11.8. The van der Waals surface area contributed by atoms with Gasteiger partial charge in [0.25, 0.3) is 0 Å². The van der Waals surface area contributed by atoms with E-state index in [1.165, 1.54) is 0 Å². The van der Waals surface area contributed by atoms with Crippen LogP contribution in [0.1, 0.15) is 48.0 Å². The fourth-order valence-corrected chi connectivity index (χ4v) is 3.32. The maximum Gasteiger partial charge on any atom is 0.310 e. The molecule has 2 heteroatoms. The molecular formula is C15H24O2.